The van der Waals surface area contributed by atoms with Crippen LogP contribution in [-0.4, -0.2) is 31.1 Å². The smallest absolute Gasteiger partial charge is 0.0846 e. The molecule has 0 amide bonds. The number of hydrogen-bond donors (Lipinski definition) is 0. The molecule has 21 heavy (non-hydrogen) atoms. The predicted molar refractivity (Wildman–Crippen MR) is 82.6 cm³/mol. The zero-order valence-corrected chi connectivity index (χ0v) is 12.4. The normalized spacial score (nSPS) is 19.2. The first-order valence-electron chi connectivity index (χ1n) is 7.40. The first kappa shape index (κ1) is 15.4. The van der Waals surface area contributed by atoms with Crippen LogP contribution in [0.3, 0.4) is 0 Å². The van der Waals surface area contributed by atoms with Gasteiger partial charge >= 0.3 is 0 Å². The molecule has 1 heterocycles. The van der Waals surface area contributed by atoms with Crippen LogP contribution in [0.5, 0.6) is 0 Å². The maximum Gasteiger partial charge on any atom is 0.0846 e. The van der Waals surface area contributed by atoms with Crippen LogP contribution in [0.1, 0.15) is 25.3 Å². The van der Waals surface area contributed by atoms with Crippen LogP contribution in [-0.2, 0) is 5.41 Å². The first-order valence-corrected chi connectivity index (χ1v) is 7.40. The monoisotopic (exact) mass is 283 g/mol. The molecule has 110 valence electrons. The van der Waals surface area contributed by atoms with Gasteiger partial charge in [0.1, 0.15) is 0 Å². The third kappa shape index (κ3) is 3.75. The van der Waals surface area contributed by atoms with Crippen molar-refractivity contribution in [2.24, 2.45) is 11.0 Å². The summed E-state index contributed by atoms with van der Waals surface area (Å²) in [5, 5.41) is 13.3. The lowest BCUT2D eigenvalue weighted by Gasteiger charge is -2.38. The molecule has 1 aromatic rings. The van der Waals surface area contributed by atoms with Gasteiger partial charge in [-0.2, -0.15) is 5.26 Å². The molecule has 1 aliphatic heterocycles. The lowest BCUT2D eigenvalue weighted by atomic mass is 9.74. The zero-order chi connectivity index (χ0) is 15.1. The molecule has 5 nitrogen and oxygen atoms in total. The number of nitrogens with zero attached hydrogens (tertiary/aromatic N) is 5. The Morgan fingerprint density at radius 1 is 1.38 bits per heavy atom. The van der Waals surface area contributed by atoms with Gasteiger partial charge in [-0.3, -0.25) is 0 Å². The van der Waals surface area contributed by atoms with Gasteiger partial charge in [-0.25, -0.2) is 0 Å². The summed E-state index contributed by atoms with van der Waals surface area (Å²) in [5.41, 5.74) is 9.15. The Kier molecular flexibility index (Phi) is 5.21. The molecule has 1 atom stereocenters. The summed E-state index contributed by atoms with van der Waals surface area (Å²) < 4.78 is 0. The number of hydrogen-bond acceptors (Lipinski definition) is 3. The molecule has 0 radical (unpaired) electrons. The maximum atomic E-state index is 9.66. The summed E-state index contributed by atoms with van der Waals surface area (Å²) >= 11 is 0. The largest absolute Gasteiger partial charge is 0.303 e. The fraction of sp³-hybridized carbons (Fsp3) is 0.562. The van der Waals surface area contributed by atoms with Crippen LogP contribution >= 0.6 is 0 Å². The summed E-state index contributed by atoms with van der Waals surface area (Å²) in [6, 6.07) is 12.7. The molecule has 5 heteroatoms. The Hall–Kier alpha value is -2.02. The highest BCUT2D eigenvalue weighted by Crippen LogP contribution is 2.34. The Morgan fingerprint density at radius 3 is 2.62 bits per heavy atom. The van der Waals surface area contributed by atoms with Crippen molar-refractivity contribution in [1.82, 2.24) is 4.90 Å². The highest BCUT2D eigenvalue weighted by atomic mass is 15.2. The summed E-state index contributed by atoms with van der Waals surface area (Å²) in [6.45, 7) is 5.40. The number of nitriles is 1. The molecule has 0 aliphatic carbocycles. The number of rotatable bonds is 5. The van der Waals surface area contributed by atoms with Crippen molar-refractivity contribution in [1.29, 1.82) is 5.26 Å². The molecular weight excluding hydrogens is 262 g/mol. The average Bonchev–Trinajstić information content (AvgIpc) is 2.55. The Labute approximate surface area is 125 Å². The third-order valence-electron chi connectivity index (χ3n) is 4.28. The van der Waals surface area contributed by atoms with Crippen molar-refractivity contribution in [2.45, 2.75) is 25.2 Å². The molecule has 1 unspecified atom stereocenters. The van der Waals surface area contributed by atoms with Gasteiger partial charge < -0.3 is 4.90 Å². The quantitative estimate of drug-likeness (QED) is 0.471. The minimum absolute atomic E-state index is 0.341. The lowest BCUT2D eigenvalue weighted by molar-refractivity contribution is 0.167. The molecule has 0 saturated carbocycles. The minimum Gasteiger partial charge on any atom is -0.303 e. The van der Waals surface area contributed by atoms with Crippen molar-refractivity contribution >= 4 is 0 Å². The van der Waals surface area contributed by atoms with E-state index in [-0.39, 0.29) is 5.41 Å². The Balaban J connectivity index is 1.95. The van der Waals surface area contributed by atoms with E-state index in [0.717, 1.165) is 38.0 Å². The molecule has 0 aromatic heterocycles. The van der Waals surface area contributed by atoms with E-state index >= 15 is 0 Å². The van der Waals surface area contributed by atoms with Gasteiger partial charge in [0.25, 0.3) is 0 Å². The highest BCUT2D eigenvalue weighted by molar-refractivity contribution is 5.33. The van der Waals surface area contributed by atoms with E-state index in [1.807, 2.05) is 18.2 Å². The summed E-state index contributed by atoms with van der Waals surface area (Å²) in [4.78, 5) is 5.18. The third-order valence-corrected chi connectivity index (χ3v) is 4.28. The molecule has 0 spiro atoms. The fourth-order valence-electron chi connectivity index (χ4n) is 3.01. The van der Waals surface area contributed by atoms with Crippen LogP contribution in [0.25, 0.3) is 10.4 Å². The van der Waals surface area contributed by atoms with Gasteiger partial charge in [-0.1, -0.05) is 42.4 Å². The van der Waals surface area contributed by atoms with Crippen molar-refractivity contribution < 1.29 is 0 Å². The summed E-state index contributed by atoms with van der Waals surface area (Å²) in [6.07, 6.45) is 1.73. The van der Waals surface area contributed by atoms with E-state index in [4.69, 9.17) is 5.53 Å². The van der Waals surface area contributed by atoms with Crippen LogP contribution in [0.2, 0.25) is 0 Å². The minimum atomic E-state index is -0.341. The van der Waals surface area contributed by atoms with Gasteiger partial charge in [-0.05, 0) is 42.9 Å². The van der Waals surface area contributed by atoms with E-state index < -0.39 is 0 Å². The molecule has 2 rings (SSSR count). The zero-order valence-electron chi connectivity index (χ0n) is 12.4. The van der Waals surface area contributed by atoms with Crippen LogP contribution < -0.4 is 0 Å². The number of azide groups is 1. The second-order valence-corrected chi connectivity index (χ2v) is 5.88. The number of benzene rings is 1. The van der Waals surface area contributed by atoms with E-state index in [9.17, 15) is 5.26 Å². The van der Waals surface area contributed by atoms with Crippen molar-refractivity contribution in [3.05, 3.63) is 46.3 Å². The number of piperidine rings is 1. The molecule has 0 N–H and O–H groups in total. The highest BCUT2D eigenvalue weighted by Gasteiger charge is 2.36. The van der Waals surface area contributed by atoms with Gasteiger partial charge in [0.2, 0.25) is 0 Å². The second-order valence-electron chi connectivity index (χ2n) is 5.88. The van der Waals surface area contributed by atoms with Crippen LogP contribution in [0.15, 0.2) is 35.4 Å². The Bertz CT molecular complexity index is 534. The molecule has 1 saturated heterocycles. The second kappa shape index (κ2) is 7.12. The topological polar surface area (TPSA) is 75.8 Å². The van der Waals surface area contributed by atoms with Crippen molar-refractivity contribution in [3.8, 4) is 6.07 Å². The molecule has 1 aromatic carbocycles. The summed E-state index contributed by atoms with van der Waals surface area (Å²) in [7, 11) is 0. The molecule has 1 aliphatic rings. The van der Waals surface area contributed by atoms with Gasteiger partial charge in [-0.15, -0.1) is 0 Å². The molecule has 1 fully saturated rings. The van der Waals surface area contributed by atoms with E-state index in [1.54, 1.807) is 0 Å². The standard InChI is InChI=1S/C16H21N5/c1-14(11-19-20-18)12-21-9-7-16(13-17,8-10-21)15-5-3-2-4-6-15/h2-6,14H,7-12H2,1H3. The molecule has 0 bridgehead atoms. The summed E-state index contributed by atoms with van der Waals surface area (Å²) in [5.74, 6) is 0.354. The predicted octanol–water partition coefficient (Wildman–Crippen LogP) is 3.49. The van der Waals surface area contributed by atoms with Crippen molar-refractivity contribution in [2.75, 3.05) is 26.2 Å². The SMILES string of the molecule is CC(CN=[N+]=[N-])CN1CCC(C#N)(c2ccccc2)CC1. The Morgan fingerprint density at radius 2 is 2.05 bits per heavy atom. The van der Waals surface area contributed by atoms with Crippen molar-refractivity contribution in [3.63, 3.8) is 0 Å². The van der Waals surface area contributed by atoms with Gasteiger partial charge in [0.05, 0.1) is 11.5 Å². The van der Waals surface area contributed by atoms with Gasteiger partial charge in [0, 0.05) is 18.0 Å². The average molecular weight is 283 g/mol. The fourth-order valence-corrected chi connectivity index (χ4v) is 3.01. The first-order chi connectivity index (χ1) is 10.2. The lowest BCUT2D eigenvalue weighted by Crippen LogP contribution is -2.43. The van der Waals surface area contributed by atoms with Gasteiger partial charge in [0.15, 0.2) is 0 Å². The number of likely N-dealkylation sites (tertiary alicyclic amines) is 1. The van der Waals surface area contributed by atoms with E-state index in [0.29, 0.717) is 12.5 Å². The molecular formula is C16H21N5. The van der Waals surface area contributed by atoms with Crippen LogP contribution in [0, 0.1) is 17.2 Å². The van der Waals surface area contributed by atoms with E-state index in [2.05, 4.69) is 40.1 Å². The maximum absolute atomic E-state index is 9.66. The van der Waals surface area contributed by atoms with E-state index in [1.165, 1.54) is 0 Å². The van der Waals surface area contributed by atoms with Crippen LogP contribution in [0.4, 0.5) is 0 Å².